The third-order valence-electron chi connectivity index (χ3n) is 2.84. The Morgan fingerprint density at radius 2 is 1.90 bits per heavy atom. The normalized spacial score (nSPS) is 10.4. The van der Waals surface area contributed by atoms with E-state index in [9.17, 15) is 4.79 Å². The molecule has 0 radical (unpaired) electrons. The van der Waals surface area contributed by atoms with Gasteiger partial charge in [-0.2, -0.15) is 0 Å². The first-order valence-electron chi connectivity index (χ1n) is 5.87. The van der Waals surface area contributed by atoms with Crippen LogP contribution in [0.4, 0.5) is 11.4 Å². The minimum atomic E-state index is -0.330. The number of hydrogen-bond acceptors (Lipinski definition) is 3. The summed E-state index contributed by atoms with van der Waals surface area (Å²) in [5, 5.41) is 2.98. The van der Waals surface area contributed by atoms with E-state index in [1.807, 2.05) is 26.0 Å². The Labute approximate surface area is 130 Å². The van der Waals surface area contributed by atoms with E-state index in [4.69, 9.17) is 17.3 Å². The second-order valence-corrected chi connectivity index (χ2v) is 5.75. The summed E-state index contributed by atoms with van der Waals surface area (Å²) in [6.45, 7) is 3.85. The number of rotatable bonds is 2. The summed E-state index contributed by atoms with van der Waals surface area (Å²) < 4.78 is 0.967. The summed E-state index contributed by atoms with van der Waals surface area (Å²) in [6, 6.07) is 5.37. The molecule has 20 heavy (non-hydrogen) atoms. The number of hydrogen-bond donors (Lipinski definition) is 2. The molecule has 0 saturated heterocycles. The van der Waals surface area contributed by atoms with Gasteiger partial charge in [-0.1, -0.05) is 27.5 Å². The van der Waals surface area contributed by atoms with Crippen LogP contribution in [0, 0.1) is 13.8 Å². The van der Waals surface area contributed by atoms with Crippen molar-refractivity contribution in [2.24, 2.45) is 0 Å². The molecule has 3 N–H and O–H groups in total. The predicted octanol–water partition coefficient (Wildman–Crippen LogP) is 3.95. The van der Waals surface area contributed by atoms with E-state index < -0.39 is 0 Å². The van der Waals surface area contributed by atoms with Crippen molar-refractivity contribution in [3.8, 4) is 0 Å². The van der Waals surface area contributed by atoms with Crippen LogP contribution in [-0.2, 0) is 0 Å². The van der Waals surface area contributed by atoms with Crippen LogP contribution in [0.1, 0.15) is 21.5 Å². The molecule has 0 bridgehead atoms. The Morgan fingerprint density at radius 1 is 1.30 bits per heavy atom. The van der Waals surface area contributed by atoms with Crippen molar-refractivity contribution >= 4 is 44.8 Å². The number of nitrogen functional groups attached to an aromatic ring is 1. The van der Waals surface area contributed by atoms with Crippen molar-refractivity contribution in [1.82, 2.24) is 4.98 Å². The van der Waals surface area contributed by atoms with Crippen LogP contribution < -0.4 is 11.1 Å². The Bertz CT molecular complexity index is 665. The van der Waals surface area contributed by atoms with E-state index in [1.54, 1.807) is 0 Å². The van der Waals surface area contributed by atoms with Crippen LogP contribution >= 0.6 is 27.5 Å². The van der Waals surface area contributed by atoms with Gasteiger partial charge in [0, 0.05) is 10.2 Å². The minimum Gasteiger partial charge on any atom is -0.397 e. The molecule has 1 aromatic carbocycles. The fraction of sp³-hybridized carbons (Fsp3) is 0.143. The van der Waals surface area contributed by atoms with Crippen molar-refractivity contribution in [3.63, 3.8) is 0 Å². The Balaban J connectivity index is 2.35. The van der Waals surface area contributed by atoms with Gasteiger partial charge in [-0.05, 0) is 43.2 Å². The smallest absolute Gasteiger partial charge is 0.258 e. The van der Waals surface area contributed by atoms with Gasteiger partial charge in [0.2, 0.25) is 0 Å². The Kier molecular flexibility index (Phi) is 4.30. The molecule has 4 nitrogen and oxygen atoms in total. The van der Waals surface area contributed by atoms with Crippen LogP contribution in [-0.4, -0.2) is 10.9 Å². The number of aromatic nitrogens is 1. The quantitative estimate of drug-likeness (QED) is 0.802. The summed E-state index contributed by atoms with van der Waals surface area (Å²) in [4.78, 5) is 16.1. The zero-order valence-corrected chi connectivity index (χ0v) is 13.3. The van der Waals surface area contributed by atoms with Crippen LogP contribution in [0.2, 0.25) is 5.15 Å². The zero-order valence-electron chi connectivity index (χ0n) is 11.0. The van der Waals surface area contributed by atoms with Crippen molar-refractivity contribution in [2.75, 3.05) is 11.1 Å². The average Bonchev–Trinajstić information content (AvgIpc) is 2.36. The summed E-state index contributed by atoms with van der Waals surface area (Å²) in [5.41, 5.74) is 8.96. The molecule has 0 fully saturated rings. The van der Waals surface area contributed by atoms with Crippen LogP contribution in [0.3, 0.4) is 0 Å². The SMILES string of the molecule is Cc1cc(Br)cc(C)c1NC(=O)c1cc(N)cnc1Cl. The first kappa shape index (κ1) is 14.8. The largest absolute Gasteiger partial charge is 0.397 e. The molecular formula is C14H13BrClN3O. The Morgan fingerprint density at radius 3 is 2.50 bits per heavy atom. The minimum absolute atomic E-state index is 0.129. The van der Waals surface area contributed by atoms with Crippen molar-refractivity contribution in [2.45, 2.75) is 13.8 Å². The third kappa shape index (κ3) is 3.11. The standard InChI is InChI=1S/C14H13BrClN3O/c1-7-3-9(15)4-8(2)12(7)19-14(20)11-5-10(17)6-18-13(11)16/h3-6H,17H2,1-2H3,(H,19,20). The van der Waals surface area contributed by atoms with Gasteiger partial charge in [0.25, 0.3) is 5.91 Å². The molecule has 0 unspecified atom stereocenters. The summed E-state index contributed by atoms with van der Waals surface area (Å²) in [7, 11) is 0. The molecule has 104 valence electrons. The van der Waals surface area contributed by atoms with Gasteiger partial charge in [0.05, 0.1) is 17.4 Å². The maximum absolute atomic E-state index is 12.3. The van der Waals surface area contributed by atoms with Gasteiger partial charge in [-0.15, -0.1) is 0 Å². The number of aryl methyl sites for hydroxylation is 2. The number of halogens is 2. The molecule has 2 rings (SSSR count). The van der Waals surface area contributed by atoms with Gasteiger partial charge in [0.15, 0.2) is 0 Å². The molecule has 1 heterocycles. The highest BCUT2D eigenvalue weighted by Crippen LogP contribution is 2.26. The highest BCUT2D eigenvalue weighted by molar-refractivity contribution is 9.10. The number of benzene rings is 1. The van der Waals surface area contributed by atoms with Gasteiger partial charge >= 0.3 is 0 Å². The van der Waals surface area contributed by atoms with E-state index >= 15 is 0 Å². The maximum atomic E-state index is 12.3. The second kappa shape index (κ2) is 5.81. The lowest BCUT2D eigenvalue weighted by Gasteiger charge is -2.13. The number of nitrogens with one attached hydrogen (secondary N) is 1. The van der Waals surface area contributed by atoms with Crippen molar-refractivity contribution in [1.29, 1.82) is 0 Å². The summed E-state index contributed by atoms with van der Waals surface area (Å²) in [5.74, 6) is -0.330. The first-order chi connectivity index (χ1) is 9.38. The van der Waals surface area contributed by atoms with Crippen LogP contribution in [0.5, 0.6) is 0 Å². The van der Waals surface area contributed by atoms with E-state index in [0.717, 1.165) is 21.3 Å². The third-order valence-corrected chi connectivity index (χ3v) is 3.60. The fourth-order valence-corrected chi connectivity index (χ4v) is 2.79. The van der Waals surface area contributed by atoms with Gasteiger partial charge in [-0.3, -0.25) is 4.79 Å². The number of carbonyl (C=O) groups is 1. The first-order valence-corrected chi connectivity index (χ1v) is 7.04. The lowest BCUT2D eigenvalue weighted by molar-refractivity contribution is 0.102. The van der Waals surface area contributed by atoms with E-state index in [2.05, 4.69) is 26.2 Å². The molecule has 0 aliphatic carbocycles. The maximum Gasteiger partial charge on any atom is 0.258 e. The van der Waals surface area contributed by atoms with Crippen LogP contribution in [0.25, 0.3) is 0 Å². The molecule has 0 spiro atoms. The molecule has 0 aliphatic rings. The summed E-state index contributed by atoms with van der Waals surface area (Å²) >= 11 is 9.35. The predicted molar refractivity (Wildman–Crippen MR) is 85.2 cm³/mol. The number of pyridine rings is 1. The molecular weight excluding hydrogens is 342 g/mol. The number of nitrogens with two attached hydrogens (primary N) is 1. The molecule has 1 aromatic heterocycles. The number of amides is 1. The highest BCUT2D eigenvalue weighted by Gasteiger charge is 2.14. The molecule has 0 atom stereocenters. The van der Waals surface area contributed by atoms with Gasteiger partial charge < -0.3 is 11.1 Å². The van der Waals surface area contributed by atoms with Crippen molar-refractivity contribution in [3.05, 3.63) is 50.7 Å². The topological polar surface area (TPSA) is 68.0 Å². The lowest BCUT2D eigenvalue weighted by Crippen LogP contribution is -2.15. The van der Waals surface area contributed by atoms with E-state index in [-0.39, 0.29) is 16.6 Å². The van der Waals surface area contributed by atoms with Gasteiger partial charge in [-0.25, -0.2) is 4.98 Å². The number of nitrogens with zero attached hydrogens (tertiary/aromatic N) is 1. The van der Waals surface area contributed by atoms with E-state index in [0.29, 0.717) is 5.69 Å². The zero-order chi connectivity index (χ0) is 14.9. The van der Waals surface area contributed by atoms with E-state index in [1.165, 1.54) is 12.3 Å². The monoisotopic (exact) mass is 353 g/mol. The molecule has 0 saturated carbocycles. The fourth-order valence-electron chi connectivity index (χ4n) is 1.91. The Hall–Kier alpha value is -1.59. The number of anilines is 2. The molecule has 6 heteroatoms. The van der Waals surface area contributed by atoms with Crippen LogP contribution in [0.15, 0.2) is 28.9 Å². The second-order valence-electron chi connectivity index (χ2n) is 4.48. The van der Waals surface area contributed by atoms with Crippen molar-refractivity contribution < 1.29 is 4.79 Å². The lowest BCUT2D eigenvalue weighted by atomic mass is 10.1. The average molecular weight is 355 g/mol. The highest BCUT2D eigenvalue weighted by atomic mass is 79.9. The summed E-state index contributed by atoms with van der Waals surface area (Å²) in [6.07, 6.45) is 1.41. The molecule has 2 aromatic rings. The number of carbonyl (C=O) groups excluding carboxylic acids is 1. The van der Waals surface area contributed by atoms with Gasteiger partial charge in [0.1, 0.15) is 5.15 Å². The molecule has 0 aliphatic heterocycles. The molecule has 1 amide bonds.